The number of benzene rings is 2. The van der Waals surface area contributed by atoms with Gasteiger partial charge in [0.1, 0.15) is 5.82 Å². The number of aryl methyl sites for hydroxylation is 1. The van der Waals surface area contributed by atoms with Crippen LogP contribution in [-0.4, -0.2) is 29.8 Å². The summed E-state index contributed by atoms with van der Waals surface area (Å²) in [6, 6.07) is 11.5. The first-order valence-corrected chi connectivity index (χ1v) is 11.1. The largest absolute Gasteiger partial charge is 0.493 e. The average molecular weight is 456 g/mol. The van der Waals surface area contributed by atoms with E-state index in [0.29, 0.717) is 67.1 Å². The number of hydrogen-bond donors (Lipinski definition) is 1. The minimum atomic E-state index is -0.321. The third-order valence-corrected chi connectivity index (χ3v) is 5.04. The third kappa shape index (κ3) is 7.59. The lowest BCUT2D eigenvalue weighted by molar-refractivity contribution is -0.121. The predicted octanol–water partition coefficient (Wildman–Crippen LogP) is 4.95. The number of methoxy groups -OCH3 is 1. The van der Waals surface area contributed by atoms with Crippen LogP contribution >= 0.6 is 0 Å². The summed E-state index contributed by atoms with van der Waals surface area (Å²) in [5.41, 5.74) is 1.60. The highest BCUT2D eigenvalue weighted by Gasteiger charge is 2.11. The molecule has 7 nitrogen and oxygen atoms in total. The molecule has 3 aromatic rings. The number of halogens is 1. The molecule has 1 aromatic heterocycles. The minimum Gasteiger partial charge on any atom is -0.493 e. The smallest absolute Gasteiger partial charge is 0.226 e. The van der Waals surface area contributed by atoms with Crippen molar-refractivity contribution < 1.29 is 23.2 Å². The molecular formula is C25H30FN3O4. The Kier molecular flexibility index (Phi) is 8.80. The number of aromatic nitrogens is 2. The van der Waals surface area contributed by atoms with Crippen LogP contribution in [-0.2, 0) is 17.8 Å². The molecule has 2 aromatic carbocycles. The van der Waals surface area contributed by atoms with Crippen LogP contribution in [0.3, 0.4) is 0 Å². The Bertz CT molecular complexity index is 1030. The van der Waals surface area contributed by atoms with E-state index in [1.54, 1.807) is 19.2 Å². The van der Waals surface area contributed by atoms with Gasteiger partial charge in [-0.15, -0.1) is 0 Å². The van der Waals surface area contributed by atoms with Crippen LogP contribution in [0.4, 0.5) is 4.39 Å². The number of rotatable bonds is 12. The molecule has 0 spiro atoms. The molecule has 0 aliphatic heterocycles. The molecule has 0 saturated heterocycles. The van der Waals surface area contributed by atoms with E-state index in [4.69, 9.17) is 14.0 Å². The van der Waals surface area contributed by atoms with Crippen molar-refractivity contribution in [2.24, 2.45) is 5.92 Å². The Hall–Kier alpha value is -3.42. The maximum atomic E-state index is 13.0. The summed E-state index contributed by atoms with van der Waals surface area (Å²) in [5, 5.41) is 6.82. The zero-order valence-electron chi connectivity index (χ0n) is 19.3. The van der Waals surface area contributed by atoms with E-state index < -0.39 is 0 Å². The zero-order valence-corrected chi connectivity index (χ0v) is 19.3. The van der Waals surface area contributed by atoms with Crippen LogP contribution in [0.15, 0.2) is 47.0 Å². The monoisotopic (exact) mass is 455 g/mol. The van der Waals surface area contributed by atoms with E-state index in [0.717, 1.165) is 12.0 Å². The predicted molar refractivity (Wildman–Crippen MR) is 122 cm³/mol. The number of hydrogen-bond acceptors (Lipinski definition) is 6. The van der Waals surface area contributed by atoms with Crippen molar-refractivity contribution in [2.75, 3.05) is 13.7 Å². The first kappa shape index (κ1) is 24.2. The van der Waals surface area contributed by atoms with Gasteiger partial charge in [0.05, 0.1) is 13.7 Å². The van der Waals surface area contributed by atoms with Crippen LogP contribution in [0.5, 0.6) is 11.5 Å². The van der Waals surface area contributed by atoms with E-state index in [-0.39, 0.29) is 11.7 Å². The number of carbonyl (C=O) groups excluding carboxylic acids is 1. The Balaban J connectivity index is 1.42. The molecule has 0 bridgehead atoms. The Labute approximate surface area is 193 Å². The third-order valence-electron chi connectivity index (χ3n) is 5.04. The van der Waals surface area contributed by atoms with Crippen molar-refractivity contribution in [1.82, 2.24) is 15.5 Å². The first-order chi connectivity index (χ1) is 15.9. The Morgan fingerprint density at radius 2 is 1.94 bits per heavy atom. The summed E-state index contributed by atoms with van der Waals surface area (Å²) in [7, 11) is 1.60. The number of ether oxygens (including phenoxy) is 2. The molecule has 0 fully saturated rings. The summed E-state index contributed by atoms with van der Waals surface area (Å²) < 4.78 is 29.5. The normalized spacial score (nSPS) is 10.9. The SMILES string of the molecule is COc1cc(CNC(=O)CCCc2nc(-c3ccc(F)cc3)no2)ccc1OCCC(C)C. The molecule has 0 radical (unpaired) electrons. The molecule has 0 aliphatic rings. The quantitative estimate of drug-likeness (QED) is 0.416. The lowest BCUT2D eigenvalue weighted by Crippen LogP contribution is -2.22. The molecule has 8 heteroatoms. The van der Waals surface area contributed by atoms with Crippen LogP contribution < -0.4 is 14.8 Å². The van der Waals surface area contributed by atoms with Gasteiger partial charge in [-0.25, -0.2) is 4.39 Å². The van der Waals surface area contributed by atoms with Gasteiger partial charge in [0.2, 0.25) is 17.6 Å². The second-order valence-electron chi connectivity index (χ2n) is 8.17. The van der Waals surface area contributed by atoms with E-state index in [9.17, 15) is 9.18 Å². The fraction of sp³-hybridized carbons (Fsp3) is 0.400. The van der Waals surface area contributed by atoms with Crippen molar-refractivity contribution in [1.29, 1.82) is 0 Å². The minimum absolute atomic E-state index is 0.0653. The first-order valence-electron chi connectivity index (χ1n) is 11.1. The number of nitrogens with zero attached hydrogens (tertiary/aromatic N) is 2. The van der Waals surface area contributed by atoms with Crippen LogP contribution in [0, 0.1) is 11.7 Å². The van der Waals surface area contributed by atoms with Crippen molar-refractivity contribution in [3.05, 3.63) is 59.7 Å². The molecule has 3 rings (SSSR count). The van der Waals surface area contributed by atoms with E-state index >= 15 is 0 Å². The van der Waals surface area contributed by atoms with Gasteiger partial charge in [-0.2, -0.15) is 4.98 Å². The molecule has 0 aliphatic carbocycles. The second-order valence-corrected chi connectivity index (χ2v) is 8.17. The zero-order chi connectivity index (χ0) is 23.6. The molecule has 176 valence electrons. The van der Waals surface area contributed by atoms with Crippen molar-refractivity contribution >= 4 is 5.91 Å². The molecule has 33 heavy (non-hydrogen) atoms. The molecule has 1 N–H and O–H groups in total. The lowest BCUT2D eigenvalue weighted by Gasteiger charge is -2.13. The number of carbonyl (C=O) groups is 1. The summed E-state index contributed by atoms with van der Waals surface area (Å²) in [6.45, 7) is 5.34. The van der Waals surface area contributed by atoms with Crippen LogP contribution in [0.2, 0.25) is 0 Å². The standard InChI is InChI=1S/C25H30FN3O4/c1-17(2)13-14-32-21-12-7-18(15-22(21)31-3)16-27-23(30)5-4-6-24-28-25(29-33-24)19-8-10-20(26)11-9-19/h7-12,15,17H,4-6,13-14,16H2,1-3H3,(H,27,30). The summed E-state index contributed by atoms with van der Waals surface area (Å²) >= 11 is 0. The highest BCUT2D eigenvalue weighted by molar-refractivity contribution is 5.75. The molecule has 0 atom stereocenters. The number of amides is 1. The van der Waals surface area contributed by atoms with Gasteiger partial charge in [-0.05, 0) is 60.7 Å². The van der Waals surface area contributed by atoms with Crippen molar-refractivity contribution in [3.63, 3.8) is 0 Å². The van der Waals surface area contributed by atoms with Gasteiger partial charge in [-0.3, -0.25) is 4.79 Å². The molecular weight excluding hydrogens is 425 g/mol. The average Bonchev–Trinajstić information content (AvgIpc) is 3.27. The van der Waals surface area contributed by atoms with Crippen LogP contribution in [0.25, 0.3) is 11.4 Å². The summed E-state index contributed by atoms with van der Waals surface area (Å²) in [4.78, 5) is 16.5. The Morgan fingerprint density at radius 3 is 2.67 bits per heavy atom. The Morgan fingerprint density at radius 1 is 1.15 bits per heavy atom. The van der Waals surface area contributed by atoms with E-state index in [1.165, 1.54) is 12.1 Å². The molecule has 0 saturated carbocycles. The fourth-order valence-electron chi connectivity index (χ4n) is 3.11. The van der Waals surface area contributed by atoms with Gasteiger partial charge in [0.15, 0.2) is 11.5 Å². The molecule has 1 heterocycles. The van der Waals surface area contributed by atoms with Gasteiger partial charge in [-0.1, -0.05) is 25.1 Å². The van der Waals surface area contributed by atoms with Gasteiger partial charge in [0, 0.05) is 24.9 Å². The van der Waals surface area contributed by atoms with E-state index in [1.807, 2.05) is 18.2 Å². The second kappa shape index (κ2) is 12.0. The summed E-state index contributed by atoms with van der Waals surface area (Å²) in [6.07, 6.45) is 2.36. The number of nitrogens with one attached hydrogen (secondary N) is 1. The van der Waals surface area contributed by atoms with Crippen LogP contribution in [0.1, 0.15) is 44.6 Å². The highest BCUT2D eigenvalue weighted by Crippen LogP contribution is 2.28. The fourth-order valence-corrected chi connectivity index (χ4v) is 3.11. The lowest BCUT2D eigenvalue weighted by atomic mass is 10.1. The van der Waals surface area contributed by atoms with Crippen molar-refractivity contribution in [3.8, 4) is 22.9 Å². The highest BCUT2D eigenvalue weighted by atomic mass is 19.1. The maximum absolute atomic E-state index is 13.0. The van der Waals surface area contributed by atoms with Gasteiger partial charge >= 0.3 is 0 Å². The summed E-state index contributed by atoms with van der Waals surface area (Å²) in [5.74, 6) is 2.39. The van der Waals surface area contributed by atoms with Crippen molar-refractivity contribution in [2.45, 2.75) is 46.1 Å². The maximum Gasteiger partial charge on any atom is 0.226 e. The van der Waals surface area contributed by atoms with E-state index in [2.05, 4.69) is 29.3 Å². The van der Waals surface area contributed by atoms with Gasteiger partial charge in [0.25, 0.3) is 0 Å². The molecule has 0 unspecified atom stereocenters. The van der Waals surface area contributed by atoms with Gasteiger partial charge < -0.3 is 19.3 Å². The molecule has 1 amide bonds. The topological polar surface area (TPSA) is 86.5 Å².